The van der Waals surface area contributed by atoms with Crippen LogP contribution in [-0.2, 0) is 0 Å². The van der Waals surface area contributed by atoms with Gasteiger partial charge in [0.25, 0.3) is 0 Å². The lowest BCUT2D eigenvalue weighted by atomic mass is 10.2. The molecule has 0 N–H and O–H groups in total. The lowest BCUT2D eigenvalue weighted by Gasteiger charge is -2.16. The number of nitrogens with zero attached hydrogens (tertiary/aromatic N) is 3. The van der Waals surface area contributed by atoms with E-state index >= 15 is 0 Å². The number of ether oxygens (including phenoxy) is 2. The topological polar surface area (TPSA) is 47.5 Å². The van der Waals surface area contributed by atoms with Gasteiger partial charge in [-0.15, -0.1) is 0 Å². The molecule has 0 amide bonds. The monoisotopic (exact) mass is 335 g/mol. The minimum Gasteiger partial charge on any atom is -0.493 e. The Morgan fingerprint density at radius 2 is 1.96 bits per heavy atom. The molecule has 5 nitrogen and oxygen atoms in total. The molecule has 6 heteroatoms. The van der Waals surface area contributed by atoms with Crippen LogP contribution in [-0.4, -0.2) is 48.2 Å². The highest BCUT2D eigenvalue weighted by Crippen LogP contribution is 2.34. The quantitative estimate of drug-likeness (QED) is 0.597. The van der Waals surface area contributed by atoms with E-state index in [2.05, 4.69) is 14.9 Å². The number of methoxy groups -OCH3 is 1. The minimum atomic E-state index is 0.436. The van der Waals surface area contributed by atoms with Crippen molar-refractivity contribution in [2.75, 3.05) is 33.4 Å². The van der Waals surface area contributed by atoms with Gasteiger partial charge in [0, 0.05) is 18.0 Å². The maximum atomic E-state index is 6.19. The number of benzene rings is 1. The van der Waals surface area contributed by atoms with E-state index < -0.39 is 0 Å². The smallest absolute Gasteiger partial charge is 0.163 e. The van der Waals surface area contributed by atoms with Crippen LogP contribution in [0.3, 0.4) is 0 Å². The van der Waals surface area contributed by atoms with E-state index in [4.69, 9.17) is 21.1 Å². The molecule has 2 aromatic rings. The standard InChI is InChI=1S/C17H22ClN3O2/c1-12-19-14-11-16(15(22-2)10-13(14)17(18)20-12)23-9-5-8-21-6-3-4-7-21/h10-11H,3-9H2,1-2H3. The zero-order chi connectivity index (χ0) is 16.2. The molecule has 2 heterocycles. The van der Waals surface area contributed by atoms with E-state index in [9.17, 15) is 0 Å². The van der Waals surface area contributed by atoms with Crippen LogP contribution in [0.25, 0.3) is 10.9 Å². The van der Waals surface area contributed by atoms with Gasteiger partial charge in [0.05, 0.1) is 19.2 Å². The van der Waals surface area contributed by atoms with Gasteiger partial charge in [-0.2, -0.15) is 0 Å². The Morgan fingerprint density at radius 1 is 1.17 bits per heavy atom. The highest BCUT2D eigenvalue weighted by Gasteiger charge is 2.13. The summed E-state index contributed by atoms with van der Waals surface area (Å²) in [4.78, 5) is 11.1. The van der Waals surface area contributed by atoms with Crippen LogP contribution in [0, 0.1) is 6.92 Å². The summed E-state index contributed by atoms with van der Waals surface area (Å²) in [6.45, 7) is 6.01. The summed E-state index contributed by atoms with van der Waals surface area (Å²) in [5.74, 6) is 2.01. The van der Waals surface area contributed by atoms with E-state index in [-0.39, 0.29) is 0 Å². The van der Waals surface area contributed by atoms with Crippen molar-refractivity contribution in [2.45, 2.75) is 26.2 Å². The number of likely N-dealkylation sites (tertiary alicyclic amines) is 1. The molecule has 0 spiro atoms. The maximum Gasteiger partial charge on any atom is 0.163 e. The van der Waals surface area contributed by atoms with E-state index in [1.165, 1.54) is 25.9 Å². The summed E-state index contributed by atoms with van der Waals surface area (Å²) in [5.41, 5.74) is 0.776. The molecule has 124 valence electrons. The van der Waals surface area contributed by atoms with Crippen molar-refractivity contribution in [1.82, 2.24) is 14.9 Å². The molecule has 3 rings (SSSR count). The van der Waals surface area contributed by atoms with Crippen LogP contribution < -0.4 is 9.47 Å². The molecule has 0 saturated carbocycles. The van der Waals surface area contributed by atoms with Crippen LogP contribution in [0.5, 0.6) is 11.5 Å². The minimum absolute atomic E-state index is 0.436. The average Bonchev–Trinajstić information content (AvgIpc) is 3.04. The third-order valence-electron chi connectivity index (χ3n) is 4.12. The van der Waals surface area contributed by atoms with Gasteiger partial charge in [-0.3, -0.25) is 0 Å². The number of rotatable bonds is 6. The Morgan fingerprint density at radius 3 is 2.70 bits per heavy atom. The van der Waals surface area contributed by atoms with Crippen LogP contribution in [0.15, 0.2) is 12.1 Å². The number of hydrogen-bond acceptors (Lipinski definition) is 5. The third-order valence-corrected chi connectivity index (χ3v) is 4.41. The number of hydrogen-bond donors (Lipinski definition) is 0. The summed E-state index contributed by atoms with van der Waals surface area (Å²) in [6.07, 6.45) is 3.64. The maximum absolute atomic E-state index is 6.19. The van der Waals surface area contributed by atoms with Crippen molar-refractivity contribution < 1.29 is 9.47 Å². The van der Waals surface area contributed by atoms with E-state index in [0.29, 0.717) is 29.1 Å². The molecule has 1 aliphatic rings. The van der Waals surface area contributed by atoms with Crippen molar-refractivity contribution in [3.63, 3.8) is 0 Å². The number of halogens is 1. The van der Waals surface area contributed by atoms with Crippen molar-refractivity contribution in [2.24, 2.45) is 0 Å². The molecule has 1 aromatic carbocycles. The number of aryl methyl sites for hydroxylation is 1. The molecule has 0 unspecified atom stereocenters. The Hall–Kier alpha value is -1.59. The lowest BCUT2D eigenvalue weighted by Crippen LogP contribution is -2.21. The van der Waals surface area contributed by atoms with Gasteiger partial charge in [-0.25, -0.2) is 9.97 Å². The van der Waals surface area contributed by atoms with Gasteiger partial charge in [0.15, 0.2) is 11.5 Å². The Kier molecular flexibility index (Phi) is 5.18. The number of aromatic nitrogens is 2. The van der Waals surface area contributed by atoms with Gasteiger partial charge in [-0.1, -0.05) is 11.6 Å². The highest BCUT2D eigenvalue weighted by atomic mass is 35.5. The largest absolute Gasteiger partial charge is 0.493 e. The molecule has 23 heavy (non-hydrogen) atoms. The molecule has 1 aliphatic heterocycles. The van der Waals surface area contributed by atoms with Crippen molar-refractivity contribution in [3.05, 3.63) is 23.1 Å². The first-order valence-electron chi connectivity index (χ1n) is 8.04. The molecule has 1 fully saturated rings. The molecule has 0 bridgehead atoms. The number of fused-ring (bicyclic) bond motifs is 1. The van der Waals surface area contributed by atoms with Crippen molar-refractivity contribution in [1.29, 1.82) is 0 Å². The fraction of sp³-hybridized carbons (Fsp3) is 0.529. The fourth-order valence-electron chi connectivity index (χ4n) is 2.96. The average molecular weight is 336 g/mol. The zero-order valence-electron chi connectivity index (χ0n) is 13.6. The lowest BCUT2D eigenvalue weighted by molar-refractivity contribution is 0.254. The molecule has 0 radical (unpaired) electrons. The van der Waals surface area contributed by atoms with E-state index in [1.54, 1.807) is 7.11 Å². The zero-order valence-corrected chi connectivity index (χ0v) is 14.4. The predicted octanol–water partition coefficient (Wildman–Crippen LogP) is 3.46. The molecule has 0 atom stereocenters. The van der Waals surface area contributed by atoms with E-state index in [0.717, 1.165) is 23.9 Å². The molecule has 1 aromatic heterocycles. The first kappa shape index (κ1) is 16.3. The first-order valence-corrected chi connectivity index (χ1v) is 8.42. The van der Waals surface area contributed by atoms with Crippen LogP contribution in [0.4, 0.5) is 0 Å². The second kappa shape index (κ2) is 7.32. The Labute approximate surface area is 141 Å². The Balaban J connectivity index is 1.71. The highest BCUT2D eigenvalue weighted by molar-refractivity contribution is 6.34. The molecule has 1 saturated heterocycles. The molecule has 0 aliphatic carbocycles. The van der Waals surface area contributed by atoms with Gasteiger partial charge in [0.1, 0.15) is 11.0 Å². The predicted molar refractivity (Wildman–Crippen MR) is 91.6 cm³/mol. The van der Waals surface area contributed by atoms with Gasteiger partial charge < -0.3 is 14.4 Å². The van der Waals surface area contributed by atoms with Crippen molar-refractivity contribution >= 4 is 22.5 Å². The molecular formula is C17H22ClN3O2. The Bertz CT molecular complexity index is 687. The third kappa shape index (κ3) is 3.85. The van der Waals surface area contributed by atoms with Gasteiger partial charge >= 0.3 is 0 Å². The summed E-state index contributed by atoms with van der Waals surface area (Å²) < 4.78 is 11.3. The van der Waals surface area contributed by atoms with E-state index in [1.807, 2.05) is 19.1 Å². The second-order valence-corrected chi connectivity index (χ2v) is 6.19. The fourth-order valence-corrected chi connectivity index (χ4v) is 3.23. The summed E-state index contributed by atoms with van der Waals surface area (Å²) in [5, 5.41) is 1.21. The first-order chi connectivity index (χ1) is 11.2. The van der Waals surface area contributed by atoms with Crippen LogP contribution >= 0.6 is 11.6 Å². The second-order valence-electron chi connectivity index (χ2n) is 5.83. The summed E-state index contributed by atoms with van der Waals surface area (Å²) >= 11 is 6.19. The van der Waals surface area contributed by atoms with Gasteiger partial charge in [-0.05, 0) is 45.3 Å². The summed E-state index contributed by atoms with van der Waals surface area (Å²) in [6, 6.07) is 3.72. The van der Waals surface area contributed by atoms with Crippen LogP contribution in [0.2, 0.25) is 5.15 Å². The van der Waals surface area contributed by atoms with Crippen LogP contribution in [0.1, 0.15) is 25.1 Å². The normalized spacial score (nSPS) is 15.3. The SMILES string of the molecule is COc1cc2c(Cl)nc(C)nc2cc1OCCCN1CCCC1. The molecular weight excluding hydrogens is 314 g/mol. The van der Waals surface area contributed by atoms with Gasteiger partial charge in [0.2, 0.25) is 0 Å². The summed E-state index contributed by atoms with van der Waals surface area (Å²) in [7, 11) is 1.63. The van der Waals surface area contributed by atoms with Crippen molar-refractivity contribution in [3.8, 4) is 11.5 Å².